The fraction of sp³-hybridized carbons (Fsp3) is 0.750. The number of hydrogen-bond donors (Lipinski definition) is 2. The summed E-state index contributed by atoms with van der Waals surface area (Å²) >= 11 is 0. The highest BCUT2D eigenvalue weighted by Crippen LogP contribution is 2.23. The first-order valence-corrected chi connectivity index (χ1v) is 3.79. The summed E-state index contributed by atoms with van der Waals surface area (Å²) in [7, 11) is 0. The summed E-state index contributed by atoms with van der Waals surface area (Å²) in [6, 6.07) is 0. The van der Waals surface area contributed by atoms with Crippen LogP contribution >= 0.6 is 0 Å². The predicted molar refractivity (Wildman–Crippen MR) is 41.2 cm³/mol. The Hall–Kier alpha value is -0.380. The second kappa shape index (κ2) is 3.34. The van der Waals surface area contributed by atoms with E-state index in [4.69, 9.17) is 9.84 Å². The maximum Gasteiger partial charge on any atom is 0.110 e. The highest BCUT2D eigenvalue weighted by atomic mass is 16.5. The van der Waals surface area contributed by atoms with Crippen LogP contribution in [0.3, 0.4) is 0 Å². The first kappa shape index (κ1) is 8.71. The third-order valence-electron chi connectivity index (χ3n) is 1.92. The van der Waals surface area contributed by atoms with Gasteiger partial charge in [-0.25, -0.2) is 0 Å². The van der Waals surface area contributed by atoms with Crippen molar-refractivity contribution >= 4 is 0 Å². The van der Waals surface area contributed by atoms with Crippen molar-refractivity contribution in [3.8, 4) is 0 Å². The van der Waals surface area contributed by atoms with E-state index in [0.29, 0.717) is 6.42 Å². The van der Waals surface area contributed by atoms with Crippen LogP contribution in [0.5, 0.6) is 0 Å². The quantitative estimate of drug-likeness (QED) is 0.559. The molecular weight excluding hydrogens is 144 g/mol. The molecule has 0 aliphatic carbocycles. The molecule has 0 aromatic carbocycles. The third-order valence-corrected chi connectivity index (χ3v) is 1.92. The number of ether oxygens (including phenoxy) is 1. The minimum atomic E-state index is -0.616. The summed E-state index contributed by atoms with van der Waals surface area (Å²) in [5, 5.41) is 18.4. The van der Waals surface area contributed by atoms with Gasteiger partial charge in [0.1, 0.15) is 6.10 Å². The maximum atomic E-state index is 9.33. The molecule has 1 rings (SSSR count). The van der Waals surface area contributed by atoms with E-state index in [2.05, 4.69) is 6.58 Å². The zero-order chi connectivity index (χ0) is 8.43. The molecule has 1 fully saturated rings. The Bertz CT molecular complexity index is 144. The molecule has 1 heterocycles. The number of aliphatic hydroxyl groups is 2. The van der Waals surface area contributed by atoms with Gasteiger partial charge in [0.05, 0.1) is 18.3 Å². The normalized spacial score (nSPS) is 40.5. The Labute approximate surface area is 66.3 Å². The van der Waals surface area contributed by atoms with Crippen molar-refractivity contribution < 1.29 is 14.9 Å². The van der Waals surface area contributed by atoms with E-state index < -0.39 is 18.3 Å². The van der Waals surface area contributed by atoms with Gasteiger partial charge in [0, 0.05) is 6.42 Å². The van der Waals surface area contributed by atoms with E-state index in [-0.39, 0.29) is 6.10 Å². The SMILES string of the molecule is C=C[C@H]1C[C@@H](O)[C@@H]([C@H](C)O)O1. The van der Waals surface area contributed by atoms with Gasteiger partial charge >= 0.3 is 0 Å². The van der Waals surface area contributed by atoms with Crippen LogP contribution in [0.1, 0.15) is 13.3 Å². The Morgan fingerprint density at radius 2 is 2.36 bits per heavy atom. The van der Waals surface area contributed by atoms with E-state index in [1.807, 2.05) is 0 Å². The second-order valence-electron chi connectivity index (χ2n) is 2.92. The zero-order valence-electron chi connectivity index (χ0n) is 6.60. The molecule has 1 saturated heterocycles. The van der Waals surface area contributed by atoms with Gasteiger partial charge < -0.3 is 14.9 Å². The number of rotatable bonds is 2. The molecule has 1 aliphatic heterocycles. The zero-order valence-corrected chi connectivity index (χ0v) is 6.60. The molecular formula is C8H14O3. The summed E-state index contributed by atoms with van der Waals surface area (Å²) in [6.45, 7) is 5.16. The molecule has 4 atom stereocenters. The van der Waals surface area contributed by atoms with Crippen LogP contribution < -0.4 is 0 Å². The van der Waals surface area contributed by atoms with Crippen LogP contribution in [-0.4, -0.2) is 34.6 Å². The van der Waals surface area contributed by atoms with Crippen LogP contribution in [0.25, 0.3) is 0 Å². The Kier molecular flexibility index (Phi) is 2.65. The first-order valence-electron chi connectivity index (χ1n) is 3.79. The van der Waals surface area contributed by atoms with Crippen molar-refractivity contribution in [2.24, 2.45) is 0 Å². The lowest BCUT2D eigenvalue weighted by Crippen LogP contribution is -2.32. The van der Waals surface area contributed by atoms with E-state index >= 15 is 0 Å². The van der Waals surface area contributed by atoms with Crippen molar-refractivity contribution in [3.05, 3.63) is 12.7 Å². The maximum absolute atomic E-state index is 9.33. The second-order valence-corrected chi connectivity index (χ2v) is 2.92. The summed E-state index contributed by atoms with van der Waals surface area (Å²) in [5.41, 5.74) is 0. The summed E-state index contributed by atoms with van der Waals surface area (Å²) in [6.07, 6.45) is 0.459. The lowest BCUT2D eigenvalue weighted by molar-refractivity contribution is -0.0492. The molecule has 0 amide bonds. The first-order chi connectivity index (χ1) is 5.15. The van der Waals surface area contributed by atoms with E-state index in [1.165, 1.54) is 0 Å². The van der Waals surface area contributed by atoms with Crippen molar-refractivity contribution in [2.75, 3.05) is 0 Å². The molecule has 11 heavy (non-hydrogen) atoms. The van der Waals surface area contributed by atoms with Crippen molar-refractivity contribution in [1.29, 1.82) is 0 Å². The van der Waals surface area contributed by atoms with Crippen molar-refractivity contribution in [2.45, 2.75) is 37.8 Å². The lowest BCUT2D eigenvalue weighted by Gasteiger charge is -2.16. The van der Waals surface area contributed by atoms with Gasteiger partial charge in [-0.15, -0.1) is 6.58 Å². The molecule has 0 unspecified atom stereocenters. The average Bonchev–Trinajstić information content (AvgIpc) is 2.30. The molecule has 0 aromatic rings. The minimum Gasteiger partial charge on any atom is -0.391 e. The van der Waals surface area contributed by atoms with Gasteiger partial charge in [0.25, 0.3) is 0 Å². The fourth-order valence-electron chi connectivity index (χ4n) is 1.31. The Morgan fingerprint density at radius 3 is 2.64 bits per heavy atom. The molecule has 2 N–H and O–H groups in total. The van der Waals surface area contributed by atoms with Crippen LogP contribution in [0, 0.1) is 0 Å². The molecule has 0 saturated carbocycles. The van der Waals surface area contributed by atoms with Gasteiger partial charge in [-0.3, -0.25) is 0 Å². The van der Waals surface area contributed by atoms with Gasteiger partial charge in [-0.2, -0.15) is 0 Å². The standard InChI is InChI=1S/C8H14O3/c1-3-6-4-7(10)8(11-6)5(2)9/h3,5-10H,1,4H2,2H3/t5-,6-,7+,8+/m0/s1. The molecule has 0 spiro atoms. The van der Waals surface area contributed by atoms with Crippen LogP contribution in [0.15, 0.2) is 12.7 Å². The topological polar surface area (TPSA) is 49.7 Å². The number of aliphatic hydroxyl groups excluding tert-OH is 2. The van der Waals surface area contributed by atoms with Crippen molar-refractivity contribution in [3.63, 3.8) is 0 Å². The van der Waals surface area contributed by atoms with Crippen LogP contribution in [0.4, 0.5) is 0 Å². The van der Waals surface area contributed by atoms with Crippen LogP contribution in [-0.2, 0) is 4.74 Å². The smallest absolute Gasteiger partial charge is 0.110 e. The Balaban J connectivity index is 2.51. The lowest BCUT2D eigenvalue weighted by atomic mass is 10.1. The molecule has 1 aliphatic rings. The summed E-state index contributed by atoms with van der Waals surface area (Å²) in [5.74, 6) is 0. The molecule has 0 bridgehead atoms. The monoisotopic (exact) mass is 158 g/mol. The van der Waals surface area contributed by atoms with E-state index in [1.54, 1.807) is 13.0 Å². The number of hydrogen-bond acceptors (Lipinski definition) is 3. The van der Waals surface area contributed by atoms with E-state index in [0.717, 1.165) is 0 Å². The largest absolute Gasteiger partial charge is 0.391 e. The summed E-state index contributed by atoms with van der Waals surface area (Å²) in [4.78, 5) is 0. The van der Waals surface area contributed by atoms with Crippen molar-refractivity contribution in [1.82, 2.24) is 0 Å². The third kappa shape index (κ3) is 1.80. The van der Waals surface area contributed by atoms with Gasteiger partial charge in [0.2, 0.25) is 0 Å². The summed E-state index contributed by atoms with van der Waals surface area (Å²) < 4.78 is 5.27. The Morgan fingerprint density at radius 1 is 1.73 bits per heavy atom. The minimum absolute atomic E-state index is 0.107. The fourth-order valence-corrected chi connectivity index (χ4v) is 1.31. The highest BCUT2D eigenvalue weighted by molar-refractivity contribution is 4.93. The molecule has 3 nitrogen and oxygen atoms in total. The van der Waals surface area contributed by atoms with Gasteiger partial charge in [-0.05, 0) is 6.92 Å². The average molecular weight is 158 g/mol. The van der Waals surface area contributed by atoms with Gasteiger partial charge in [-0.1, -0.05) is 6.08 Å². The van der Waals surface area contributed by atoms with E-state index in [9.17, 15) is 5.11 Å². The molecule has 0 radical (unpaired) electrons. The predicted octanol–water partition coefficient (Wildman–Crippen LogP) is 0.0716. The molecule has 0 aromatic heterocycles. The molecule has 3 heteroatoms. The van der Waals surface area contributed by atoms with Crippen LogP contribution in [0.2, 0.25) is 0 Å². The highest BCUT2D eigenvalue weighted by Gasteiger charge is 2.35. The molecule has 64 valence electrons. The van der Waals surface area contributed by atoms with Gasteiger partial charge in [0.15, 0.2) is 0 Å².